The quantitative estimate of drug-likeness (QED) is 0.405. The predicted octanol–water partition coefficient (Wildman–Crippen LogP) is 6.71. The van der Waals surface area contributed by atoms with Gasteiger partial charge in [0.1, 0.15) is 5.75 Å². The molecule has 0 bridgehead atoms. The Labute approximate surface area is 169 Å². The standard InChI is InChI=1S/C21H29Cl2NOSi/c1-21(2,3)26(4,5)25-20-14-17(9-10-19(20)23)15-24-12-11-16-7-6-8-18(22)13-16/h6-10,13-14,24H,11-12,15H2,1-5H3. The molecule has 5 heteroatoms. The molecule has 26 heavy (non-hydrogen) atoms. The molecule has 0 heterocycles. The topological polar surface area (TPSA) is 21.3 Å². The summed E-state index contributed by atoms with van der Waals surface area (Å²) >= 11 is 12.4. The van der Waals surface area contributed by atoms with E-state index in [-0.39, 0.29) is 5.04 Å². The largest absolute Gasteiger partial charge is 0.542 e. The summed E-state index contributed by atoms with van der Waals surface area (Å²) in [4.78, 5) is 0. The number of rotatable bonds is 7. The first-order valence-corrected chi connectivity index (χ1v) is 12.7. The van der Waals surface area contributed by atoms with Crippen LogP contribution in [0.25, 0.3) is 0 Å². The van der Waals surface area contributed by atoms with Gasteiger partial charge in [-0.1, -0.05) is 62.2 Å². The molecule has 0 aliphatic rings. The molecule has 0 radical (unpaired) electrons. The van der Waals surface area contributed by atoms with Gasteiger partial charge in [0.2, 0.25) is 0 Å². The SMILES string of the molecule is CC(C)(C)[Si](C)(C)Oc1cc(CNCCc2cccc(Cl)c2)ccc1Cl. The molecule has 0 aliphatic carbocycles. The molecule has 2 rings (SSSR count). The Morgan fingerprint density at radius 1 is 1.00 bits per heavy atom. The van der Waals surface area contributed by atoms with Crippen molar-refractivity contribution in [2.24, 2.45) is 0 Å². The highest BCUT2D eigenvalue weighted by Gasteiger charge is 2.39. The Morgan fingerprint density at radius 2 is 1.73 bits per heavy atom. The molecule has 0 saturated carbocycles. The molecule has 0 amide bonds. The highest BCUT2D eigenvalue weighted by Crippen LogP contribution is 2.39. The van der Waals surface area contributed by atoms with E-state index in [1.165, 1.54) is 11.1 Å². The van der Waals surface area contributed by atoms with Gasteiger partial charge in [-0.15, -0.1) is 0 Å². The Bertz CT molecular complexity index is 741. The summed E-state index contributed by atoms with van der Waals surface area (Å²) in [7, 11) is -1.91. The molecule has 0 saturated heterocycles. The molecular weight excluding hydrogens is 381 g/mol. The highest BCUT2D eigenvalue weighted by molar-refractivity contribution is 6.74. The summed E-state index contributed by atoms with van der Waals surface area (Å²) in [5, 5.41) is 5.08. The van der Waals surface area contributed by atoms with Gasteiger partial charge in [0.05, 0.1) is 5.02 Å². The second kappa shape index (κ2) is 8.79. The van der Waals surface area contributed by atoms with E-state index < -0.39 is 8.32 Å². The summed E-state index contributed by atoms with van der Waals surface area (Å²) in [5.74, 6) is 0.799. The zero-order chi connectivity index (χ0) is 19.4. The third-order valence-corrected chi connectivity index (χ3v) is 9.87. The van der Waals surface area contributed by atoms with Crippen molar-refractivity contribution >= 4 is 31.5 Å². The van der Waals surface area contributed by atoms with Gasteiger partial charge >= 0.3 is 0 Å². The Balaban J connectivity index is 1.94. The lowest BCUT2D eigenvalue weighted by molar-refractivity contribution is 0.491. The average molecular weight is 410 g/mol. The van der Waals surface area contributed by atoms with Crippen molar-refractivity contribution in [2.75, 3.05) is 6.54 Å². The number of halogens is 2. The van der Waals surface area contributed by atoms with E-state index in [4.69, 9.17) is 27.6 Å². The van der Waals surface area contributed by atoms with Gasteiger partial charge in [-0.2, -0.15) is 0 Å². The Hall–Kier alpha value is -1.00. The van der Waals surface area contributed by atoms with E-state index in [0.717, 1.165) is 30.3 Å². The third kappa shape index (κ3) is 6.02. The van der Waals surface area contributed by atoms with Crippen molar-refractivity contribution in [2.45, 2.75) is 51.9 Å². The monoisotopic (exact) mass is 409 g/mol. The molecule has 0 aliphatic heterocycles. The van der Waals surface area contributed by atoms with E-state index in [2.05, 4.69) is 51.3 Å². The van der Waals surface area contributed by atoms with Crippen LogP contribution in [0.1, 0.15) is 31.9 Å². The predicted molar refractivity (Wildman–Crippen MR) is 116 cm³/mol. The first kappa shape index (κ1) is 21.3. The number of benzene rings is 2. The first-order chi connectivity index (χ1) is 12.1. The Kier molecular flexibility index (Phi) is 7.20. The number of hydrogen-bond donors (Lipinski definition) is 1. The van der Waals surface area contributed by atoms with E-state index in [1.54, 1.807) is 0 Å². The number of nitrogens with one attached hydrogen (secondary N) is 1. The van der Waals surface area contributed by atoms with Gasteiger partial charge in [0.15, 0.2) is 0 Å². The zero-order valence-corrected chi connectivity index (χ0v) is 18.8. The van der Waals surface area contributed by atoms with Gasteiger partial charge in [0.25, 0.3) is 8.32 Å². The van der Waals surface area contributed by atoms with Crippen LogP contribution in [0.3, 0.4) is 0 Å². The molecule has 2 nitrogen and oxygen atoms in total. The molecule has 0 fully saturated rings. The van der Waals surface area contributed by atoms with Crippen LogP contribution in [0.5, 0.6) is 5.75 Å². The highest BCUT2D eigenvalue weighted by atomic mass is 35.5. The minimum Gasteiger partial charge on any atom is -0.542 e. The van der Waals surface area contributed by atoms with Gasteiger partial charge in [-0.3, -0.25) is 0 Å². The maximum Gasteiger partial charge on any atom is 0.250 e. The van der Waals surface area contributed by atoms with Gasteiger partial charge in [-0.05, 0) is 66.5 Å². The maximum atomic E-state index is 6.39. The van der Waals surface area contributed by atoms with Gasteiger partial charge in [0, 0.05) is 11.6 Å². The summed E-state index contributed by atoms with van der Waals surface area (Å²) in [5.41, 5.74) is 2.41. The van der Waals surface area contributed by atoms with Crippen LogP contribution >= 0.6 is 23.2 Å². The zero-order valence-electron chi connectivity index (χ0n) is 16.3. The van der Waals surface area contributed by atoms with Crippen molar-refractivity contribution in [1.29, 1.82) is 0 Å². The maximum absolute atomic E-state index is 6.39. The molecule has 0 aromatic heterocycles. The first-order valence-electron chi connectivity index (χ1n) is 9.01. The van der Waals surface area contributed by atoms with E-state index in [0.29, 0.717) is 5.02 Å². The normalized spacial score (nSPS) is 12.3. The number of hydrogen-bond acceptors (Lipinski definition) is 2. The van der Waals surface area contributed by atoms with Crippen LogP contribution in [-0.4, -0.2) is 14.9 Å². The molecule has 2 aromatic rings. The molecule has 0 atom stereocenters. The fraction of sp³-hybridized carbons (Fsp3) is 0.429. The van der Waals surface area contributed by atoms with E-state index in [1.807, 2.05) is 30.3 Å². The summed E-state index contributed by atoms with van der Waals surface area (Å²) in [6, 6.07) is 14.0. The molecule has 0 unspecified atom stereocenters. The fourth-order valence-corrected chi connectivity index (χ4v) is 3.78. The third-order valence-electron chi connectivity index (χ3n) is 4.98. The van der Waals surface area contributed by atoms with Gasteiger partial charge < -0.3 is 9.74 Å². The second-order valence-electron chi connectivity index (χ2n) is 8.18. The van der Waals surface area contributed by atoms with E-state index >= 15 is 0 Å². The van der Waals surface area contributed by atoms with Crippen LogP contribution < -0.4 is 9.74 Å². The molecule has 0 spiro atoms. The van der Waals surface area contributed by atoms with Crippen LogP contribution in [0.2, 0.25) is 28.2 Å². The van der Waals surface area contributed by atoms with Crippen molar-refractivity contribution in [3.8, 4) is 5.75 Å². The lowest BCUT2D eigenvalue weighted by Crippen LogP contribution is -2.43. The average Bonchev–Trinajstić information content (AvgIpc) is 2.53. The molecule has 2 aromatic carbocycles. The lowest BCUT2D eigenvalue weighted by atomic mass is 10.1. The van der Waals surface area contributed by atoms with Crippen molar-refractivity contribution in [1.82, 2.24) is 5.32 Å². The van der Waals surface area contributed by atoms with Gasteiger partial charge in [-0.25, -0.2) is 0 Å². The van der Waals surface area contributed by atoms with Crippen LogP contribution in [0.4, 0.5) is 0 Å². The Morgan fingerprint density at radius 3 is 2.38 bits per heavy atom. The summed E-state index contributed by atoms with van der Waals surface area (Å²) in [6.07, 6.45) is 0.946. The lowest BCUT2D eigenvalue weighted by Gasteiger charge is -2.36. The van der Waals surface area contributed by atoms with Crippen LogP contribution in [-0.2, 0) is 13.0 Å². The van der Waals surface area contributed by atoms with Crippen LogP contribution in [0.15, 0.2) is 42.5 Å². The minimum absolute atomic E-state index is 0.140. The molecular formula is C21H29Cl2NOSi. The van der Waals surface area contributed by atoms with Crippen LogP contribution in [0, 0.1) is 0 Å². The minimum atomic E-state index is -1.91. The van der Waals surface area contributed by atoms with Crippen molar-refractivity contribution in [3.63, 3.8) is 0 Å². The van der Waals surface area contributed by atoms with Crippen molar-refractivity contribution in [3.05, 3.63) is 63.6 Å². The summed E-state index contributed by atoms with van der Waals surface area (Å²) in [6.45, 7) is 12.8. The van der Waals surface area contributed by atoms with E-state index in [9.17, 15) is 0 Å². The van der Waals surface area contributed by atoms with Crippen molar-refractivity contribution < 1.29 is 4.43 Å². The smallest absolute Gasteiger partial charge is 0.250 e. The summed E-state index contributed by atoms with van der Waals surface area (Å²) < 4.78 is 6.39. The molecule has 1 N–H and O–H groups in total. The second-order valence-corrected chi connectivity index (χ2v) is 13.8. The molecule has 142 valence electrons. The fourth-order valence-electron chi connectivity index (χ4n) is 2.32.